The van der Waals surface area contributed by atoms with Crippen molar-refractivity contribution < 1.29 is 40.6 Å². The van der Waals surface area contributed by atoms with Crippen LogP contribution in [0.5, 0.6) is 0 Å². The van der Waals surface area contributed by atoms with Gasteiger partial charge >= 0.3 is 25.8 Å². The average molecular weight is 188 g/mol. The van der Waals surface area contributed by atoms with Gasteiger partial charge in [0.2, 0.25) is 0 Å². The van der Waals surface area contributed by atoms with E-state index in [0.717, 1.165) is 0 Å². The summed E-state index contributed by atoms with van der Waals surface area (Å²) in [6.45, 7) is -5.32. The Morgan fingerprint density at radius 2 is 1.23 bits per heavy atom. The van der Waals surface area contributed by atoms with Crippen LogP contribution in [0.2, 0.25) is 0 Å². The van der Waals surface area contributed by atoms with Gasteiger partial charge in [-0.3, -0.25) is 0 Å². The smallest absolute Gasteiger partial charge is 0.445 e. The van der Waals surface area contributed by atoms with Gasteiger partial charge in [-0.2, -0.15) is 0 Å². The van der Waals surface area contributed by atoms with Crippen LogP contribution in [0, 0.1) is 11.6 Å². The standard InChI is InChI=1S/C6H3BF5.Li/c8-5-1-4(7(10,11)12)2-6(9)3-5;/h1-3H;/q-1;+1. The van der Waals surface area contributed by atoms with Crippen LogP contribution >= 0.6 is 0 Å². The fourth-order valence-corrected chi connectivity index (χ4v) is 0.764. The molecule has 0 aliphatic heterocycles. The first-order chi connectivity index (χ1) is 5.39. The van der Waals surface area contributed by atoms with Crippen LogP contribution in [-0.4, -0.2) is 6.98 Å². The second kappa shape index (κ2) is 4.16. The van der Waals surface area contributed by atoms with E-state index in [-0.39, 0.29) is 31.0 Å². The van der Waals surface area contributed by atoms with Crippen molar-refractivity contribution in [3.8, 4) is 0 Å². The number of halogens is 5. The second-order valence-electron chi connectivity index (χ2n) is 2.28. The molecule has 1 aromatic rings. The molecule has 0 fully saturated rings. The van der Waals surface area contributed by atoms with Crippen LogP contribution in [0.3, 0.4) is 0 Å². The summed E-state index contributed by atoms with van der Waals surface area (Å²) in [7, 11) is 0. The van der Waals surface area contributed by atoms with Gasteiger partial charge in [0.25, 0.3) is 0 Å². The van der Waals surface area contributed by atoms with Gasteiger partial charge in [-0.15, -0.1) is 5.46 Å². The monoisotopic (exact) mass is 188 g/mol. The molecular formula is C6H3BF5Li. The van der Waals surface area contributed by atoms with Crippen molar-refractivity contribution in [1.82, 2.24) is 0 Å². The molecule has 0 N–H and O–H groups in total. The number of benzene rings is 1. The largest absolute Gasteiger partial charge is 1.00 e. The van der Waals surface area contributed by atoms with Crippen LogP contribution in [0.4, 0.5) is 21.7 Å². The van der Waals surface area contributed by atoms with E-state index in [4.69, 9.17) is 0 Å². The molecule has 0 aromatic heterocycles. The van der Waals surface area contributed by atoms with E-state index >= 15 is 0 Å². The molecule has 0 saturated heterocycles. The maximum Gasteiger partial charge on any atom is 1.00 e. The third kappa shape index (κ3) is 3.41. The van der Waals surface area contributed by atoms with Crippen molar-refractivity contribution in [3.05, 3.63) is 29.8 Å². The zero-order valence-electron chi connectivity index (χ0n) is 6.70. The molecule has 0 unspecified atom stereocenters. The van der Waals surface area contributed by atoms with E-state index in [0.29, 0.717) is 6.07 Å². The summed E-state index contributed by atoms with van der Waals surface area (Å²) in [5, 5.41) is 0. The summed E-state index contributed by atoms with van der Waals surface area (Å²) in [6.07, 6.45) is 0. The van der Waals surface area contributed by atoms with Crippen molar-refractivity contribution in [2.24, 2.45) is 0 Å². The minimum Gasteiger partial charge on any atom is -0.445 e. The molecule has 0 saturated carbocycles. The molecule has 0 radical (unpaired) electrons. The summed E-state index contributed by atoms with van der Waals surface area (Å²) in [5.41, 5.74) is -1.26. The summed E-state index contributed by atoms with van der Waals surface area (Å²) in [6, 6.07) is 0.928. The molecule has 0 atom stereocenters. The van der Waals surface area contributed by atoms with Crippen LogP contribution in [0.15, 0.2) is 18.2 Å². The second-order valence-corrected chi connectivity index (χ2v) is 2.28. The third-order valence-corrected chi connectivity index (χ3v) is 1.26. The van der Waals surface area contributed by atoms with E-state index in [9.17, 15) is 21.7 Å². The Bertz CT molecular complexity index is 277. The predicted octanol–water partition coefficient (Wildman–Crippen LogP) is -0.977. The quantitative estimate of drug-likeness (QED) is 0.392. The molecule has 0 bridgehead atoms. The van der Waals surface area contributed by atoms with Crippen LogP contribution < -0.4 is 24.3 Å². The van der Waals surface area contributed by atoms with Gasteiger partial charge in [-0.25, -0.2) is 8.78 Å². The number of rotatable bonds is 1. The van der Waals surface area contributed by atoms with Gasteiger partial charge in [-0.05, 0) is 0 Å². The Morgan fingerprint density at radius 3 is 1.54 bits per heavy atom. The van der Waals surface area contributed by atoms with Gasteiger partial charge in [0.15, 0.2) is 0 Å². The molecule has 1 aromatic carbocycles. The maximum atomic E-state index is 12.2. The van der Waals surface area contributed by atoms with Crippen molar-refractivity contribution in [2.75, 3.05) is 0 Å². The number of hydrogen-bond donors (Lipinski definition) is 0. The van der Waals surface area contributed by atoms with Gasteiger partial charge < -0.3 is 12.9 Å². The van der Waals surface area contributed by atoms with E-state index in [1.54, 1.807) is 0 Å². The Kier molecular flexibility index (Phi) is 4.01. The number of hydrogen-bond acceptors (Lipinski definition) is 0. The first kappa shape index (κ1) is 12.5. The Hall–Kier alpha value is -0.468. The van der Waals surface area contributed by atoms with Crippen LogP contribution in [0.25, 0.3) is 0 Å². The molecule has 0 heterocycles. The molecule has 0 amide bonds. The third-order valence-electron chi connectivity index (χ3n) is 1.26. The average Bonchev–Trinajstić information content (AvgIpc) is 1.82. The molecule has 0 spiro atoms. The van der Waals surface area contributed by atoms with Crippen molar-refractivity contribution in [3.63, 3.8) is 0 Å². The summed E-state index contributed by atoms with van der Waals surface area (Å²) in [4.78, 5) is 0. The minimum atomic E-state index is -5.32. The van der Waals surface area contributed by atoms with Gasteiger partial charge in [0.05, 0.1) is 0 Å². The molecule has 0 aliphatic carbocycles. The van der Waals surface area contributed by atoms with E-state index in [2.05, 4.69) is 0 Å². The normalized spacial score (nSPS) is 10.8. The van der Waals surface area contributed by atoms with Crippen LogP contribution in [-0.2, 0) is 0 Å². The molecule has 13 heavy (non-hydrogen) atoms. The first-order valence-electron chi connectivity index (χ1n) is 3.05. The molecule has 0 aliphatic rings. The molecule has 0 nitrogen and oxygen atoms in total. The Labute approximate surface area is 83.4 Å². The van der Waals surface area contributed by atoms with E-state index < -0.39 is 24.1 Å². The minimum absolute atomic E-state index is 0. The van der Waals surface area contributed by atoms with Gasteiger partial charge in [0.1, 0.15) is 11.6 Å². The van der Waals surface area contributed by atoms with Crippen LogP contribution in [0.1, 0.15) is 0 Å². The molecule has 7 heteroatoms. The zero-order chi connectivity index (χ0) is 9.35. The zero-order valence-corrected chi connectivity index (χ0v) is 6.70. The summed E-state index contributed by atoms with van der Waals surface area (Å²) in [5.74, 6) is -2.44. The van der Waals surface area contributed by atoms with Gasteiger partial charge in [-0.1, -0.05) is 12.1 Å². The van der Waals surface area contributed by atoms with Crippen molar-refractivity contribution in [2.45, 2.75) is 0 Å². The topological polar surface area (TPSA) is 0 Å². The predicted molar refractivity (Wildman–Crippen MR) is 35.1 cm³/mol. The fourth-order valence-electron chi connectivity index (χ4n) is 0.764. The van der Waals surface area contributed by atoms with E-state index in [1.807, 2.05) is 0 Å². The van der Waals surface area contributed by atoms with Crippen molar-refractivity contribution >= 4 is 12.4 Å². The Morgan fingerprint density at radius 1 is 0.846 bits per heavy atom. The molecule has 66 valence electrons. The van der Waals surface area contributed by atoms with E-state index in [1.165, 1.54) is 0 Å². The van der Waals surface area contributed by atoms with Crippen molar-refractivity contribution in [1.29, 1.82) is 0 Å². The summed E-state index contributed by atoms with van der Waals surface area (Å²) >= 11 is 0. The molecule has 1 rings (SSSR count). The Balaban J connectivity index is 0.00000144. The summed E-state index contributed by atoms with van der Waals surface area (Å²) < 4.78 is 60.1. The first-order valence-corrected chi connectivity index (χ1v) is 3.05. The van der Waals surface area contributed by atoms with Gasteiger partial charge in [0, 0.05) is 6.07 Å². The SMILES string of the molecule is Fc1cc(F)cc([B-](F)(F)F)c1.[Li+]. The maximum absolute atomic E-state index is 12.2. The molecular weight excluding hydrogens is 185 g/mol. The fraction of sp³-hybridized carbons (Fsp3) is 0.